The van der Waals surface area contributed by atoms with Crippen molar-refractivity contribution in [1.82, 2.24) is 10.3 Å². The van der Waals surface area contributed by atoms with Crippen LogP contribution in [0.2, 0.25) is 0 Å². The maximum Gasteiger partial charge on any atom is 0.268 e. The number of allylic oxidation sites excluding steroid dienone is 2. The summed E-state index contributed by atoms with van der Waals surface area (Å²) in [6, 6.07) is 4.18. The number of benzene rings is 1. The van der Waals surface area contributed by atoms with Crippen molar-refractivity contribution in [3.63, 3.8) is 0 Å². The molecule has 4 N–H and O–H groups in total. The molecule has 0 aromatic heterocycles. The second-order valence-corrected chi connectivity index (χ2v) is 9.09. The van der Waals surface area contributed by atoms with Crippen molar-refractivity contribution >= 4 is 27.5 Å². The third-order valence-electron chi connectivity index (χ3n) is 5.64. The summed E-state index contributed by atoms with van der Waals surface area (Å²) in [5.41, 5.74) is 4.47. The van der Waals surface area contributed by atoms with Crippen LogP contribution in [-0.4, -0.2) is 47.9 Å². The second-order valence-electron chi connectivity index (χ2n) is 8.18. The van der Waals surface area contributed by atoms with Crippen LogP contribution >= 0.6 is 15.9 Å². The quantitative estimate of drug-likeness (QED) is 0.251. The molecular formula is C21H28BrN5O3. The van der Waals surface area contributed by atoms with E-state index in [2.05, 4.69) is 52.1 Å². The van der Waals surface area contributed by atoms with Crippen LogP contribution in [0.3, 0.4) is 0 Å². The lowest BCUT2D eigenvalue weighted by Crippen LogP contribution is -2.44. The van der Waals surface area contributed by atoms with E-state index >= 15 is 0 Å². The Kier molecular flexibility index (Phi) is 6.64. The first-order valence-corrected chi connectivity index (χ1v) is 10.7. The number of carbonyl (C=O) groups excluding carboxylic acids is 1. The van der Waals surface area contributed by atoms with Crippen molar-refractivity contribution in [2.24, 2.45) is 11.0 Å². The summed E-state index contributed by atoms with van der Waals surface area (Å²) in [5, 5.41) is 17.2. The molecule has 9 heteroatoms. The van der Waals surface area contributed by atoms with Gasteiger partial charge in [-0.25, -0.2) is 5.84 Å². The number of nitroso groups, excluding NO2 is 1. The highest BCUT2D eigenvalue weighted by atomic mass is 79.9. The summed E-state index contributed by atoms with van der Waals surface area (Å²) in [7, 11) is 0. The minimum atomic E-state index is -1.03. The summed E-state index contributed by atoms with van der Waals surface area (Å²) < 4.78 is 0.821. The van der Waals surface area contributed by atoms with E-state index in [1.54, 1.807) is 6.08 Å². The second kappa shape index (κ2) is 8.87. The number of nitrogens with zero attached hydrogens (tertiary/aromatic N) is 3. The molecule has 0 aliphatic carbocycles. The Bertz CT molecular complexity index is 927. The van der Waals surface area contributed by atoms with Gasteiger partial charge in [-0.1, -0.05) is 28.0 Å². The average Bonchev–Trinajstić information content (AvgIpc) is 3.00. The molecule has 2 heterocycles. The van der Waals surface area contributed by atoms with Crippen molar-refractivity contribution in [3.05, 3.63) is 55.6 Å². The number of anilines is 1. The topological polar surface area (TPSA) is 111 Å². The standard InChI is InChI=1S/C21H28BrN5O3/c1-11(2)26-9-13(4)19-16(6-14(22)7-18(19)26)21(29)27(23)10-17-12(3)5-15(8-24-30)25-20(17)28/h5-7,11,13,20,25,28H,8-10,23H2,1-4H3. The van der Waals surface area contributed by atoms with Gasteiger partial charge in [-0.3, -0.25) is 9.80 Å². The summed E-state index contributed by atoms with van der Waals surface area (Å²) in [4.78, 5) is 26.1. The summed E-state index contributed by atoms with van der Waals surface area (Å²) >= 11 is 3.53. The zero-order chi connectivity index (χ0) is 22.2. The Balaban J connectivity index is 1.90. The monoisotopic (exact) mass is 477 g/mol. The highest BCUT2D eigenvalue weighted by Crippen LogP contribution is 2.41. The zero-order valence-electron chi connectivity index (χ0n) is 17.6. The van der Waals surface area contributed by atoms with E-state index in [-0.39, 0.29) is 24.9 Å². The number of halogens is 1. The van der Waals surface area contributed by atoms with Crippen LogP contribution in [0.4, 0.5) is 5.69 Å². The highest BCUT2D eigenvalue weighted by Gasteiger charge is 2.33. The van der Waals surface area contributed by atoms with Crippen molar-refractivity contribution in [3.8, 4) is 0 Å². The number of amides is 1. The molecule has 0 saturated carbocycles. The van der Waals surface area contributed by atoms with Gasteiger partial charge in [0.2, 0.25) is 0 Å². The number of fused-ring (bicyclic) bond motifs is 1. The molecule has 0 fully saturated rings. The van der Waals surface area contributed by atoms with Gasteiger partial charge in [-0.15, -0.1) is 0 Å². The number of aliphatic hydroxyl groups is 1. The maximum atomic E-state index is 13.3. The van der Waals surface area contributed by atoms with Crippen LogP contribution in [0.15, 0.2) is 44.7 Å². The van der Waals surface area contributed by atoms with Crippen LogP contribution in [0.1, 0.15) is 49.5 Å². The molecule has 2 aliphatic heterocycles. The van der Waals surface area contributed by atoms with Crippen molar-refractivity contribution in [2.75, 3.05) is 24.5 Å². The lowest BCUT2D eigenvalue weighted by Gasteiger charge is -2.28. The third-order valence-corrected chi connectivity index (χ3v) is 6.09. The number of nitrogens with two attached hydrogens (primary N) is 1. The molecule has 162 valence electrons. The van der Waals surface area contributed by atoms with Gasteiger partial charge in [0.25, 0.3) is 5.91 Å². The van der Waals surface area contributed by atoms with E-state index in [1.165, 1.54) is 0 Å². The van der Waals surface area contributed by atoms with Crippen LogP contribution < -0.4 is 16.1 Å². The van der Waals surface area contributed by atoms with E-state index in [0.717, 1.165) is 32.9 Å². The lowest BCUT2D eigenvalue weighted by atomic mass is 9.96. The highest BCUT2D eigenvalue weighted by molar-refractivity contribution is 9.10. The number of nitrogens with one attached hydrogen (secondary N) is 1. The molecule has 0 bridgehead atoms. The lowest BCUT2D eigenvalue weighted by molar-refractivity contribution is 0.0752. The van der Waals surface area contributed by atoms with E-state index in [0.29, 0.717) is 22.9 Å². The Hall–Kier alpha value is -2.23. The summed E-state index contributed by atoms with van der Waals surface area (Å²) in [6.45, 7) is 9.04. The average molecular weight is 478 g/mol. The molecule has 3 rings (SSSR count). The number of dihydropyridines is 1. The molecule has 1 amide bonds. The SMILES string of the molecule is CC1=C(CN(N)C(=O)c2cc(Br)cc3c2C(C)CN3C(C)C)C(O)NC(CN=O)=C1. The van der Waals surface area contributed by atoms with Crippen molar-refractivity contribution in [2.45, 2.75) is 45.9 Å². The van der Waals surface area contributed by atoms with Gasteiger partial charge in [0.1, 0.15) is 12.8 Å². The van der Waals surface area contributed by atoms with Crippen molar-refractivity contribution in [1.29, 1.82) is 0 Å². The molecule has 1 aromatic carbocycles. The van der Waals surface area contributed by atoms with Gasteiger partial charge < -0.3 is 15.3 Å². The van der Waals surface area contributed by atoms with E-state index in [1.807, 2.05) is 19.1 Å². The third kappa shape index (κ3) is 4.28. The van der Waals surface area contributed by atoms with Gasteiger partial charge in [0.05, 0.1) is 6.54 Å². The molecule has 30 heavy (non-hydrogen) atoms. The Morgan fingerprint density at radius 2 is 2.17 bits per heavy atom. The van der Waals surface area contributed by atoms with E-state index in [4.69, 9.17) is 5.84 Å². The summed E-state index contributed by atoms with van der Waals surface area (Å²) in [6.07, 6.45) is 0.704. The first kappa shape index (κ1) is 22.5. The maximum absolute atomic E-state index is 13.3. The number of carbonyl (C=O) groups is 1. The number of hydrogen-bond donors (Lipinski definition) is 3. The number of rotatable bonds is 6. The Morgan fingerprint density at radius 3 is 2.77 bits per heavy atom. The fraction of sp³-hybridized carbons (Fsp3) is 0.476. The molecule has 0 spiro atoms. The van der Waals surface area contributed by atoms with Crippen LogP contribution in [0, 0.1) is 4.91 Å². The van der Waals surface area contributed by atoms with Crippen LogP contribution in [0.25, 0.3) is 0 Å². The fourth-order valence-electron chi connectivity index (χ4n) is 4.17. The minimum Gasteiger partial charge on any atom is -0.370 e. The Labute approximate surface area is 184 Å². The minimum absolute atomic E-state index is 0.0542. The molecule has 1 aromatic rings. The van der Waals surface area contributed by atoms with Crippen LogP contribution in [0.5, 0.6) is 0 Å². The van der Waals surface area contributed by atoms with E-state index < -0.39 is 6.23 Å². The molecule has 2 aliphatic rings. The fourth-order valence-corrected chi connectivity index (χ4v) is 4.61. The molecule has 2 atom stereocenters. The smallest absolute Gasteiger partial charge is 0.268 e. The molecule has 0 saturated heterocycles. The summed E-state index contributed by atoms with van der Waals surface area (Å²) in [5.74, 6) is 6.07. The van der Waals surface area contributed by atoms with Gasteiger partial charge in [0, 0.05) is 45.5 Å². The number of hydrogen-bond acceptors (Lipinski definition) is 7. The molecule has 2 unspecified atom stereocenters. The largest absolute Gasteiger partial charge is 0.370 e. The Morgan fingerprint density at radius 1 is 1.47 bits per heavy atom. The van der Waals surface area contributed by atoms with Gasteiger partial charge in [0.15, 0.2) is 0 Å². The molecular weight excluding hydrogens is 450 g/mol. The normalized spacial score (nSPS) is 20.8. The predicted octanol–water partition coefficient (Wildman–Crippen LogP) is 2.99. The van der Waals surface area contributed by atoms with Gasteiger partial charge >= 0.3 is 0 Å². The van der Waals surface area contributed by atoms with E-state index in [9.17, 15) is 14.8 Å². The van der Waals surface area contributed by atoms with Crippen LogP contribution in [-0.2, 0) is 0 Å². The number of aliphatic hydroxyl groups excluding tert-OH is 1. The molecule has 0 radical (unpaired) electrons. The zero-order valence-corrected chi connectivity index (χ0v) is 19.2. The first-order chi connectivity index (χ1) is 14.1. The van der Waals surface area contributed by atoms with Crippen molar-refractivity contribution < 1.29 is 9.90 Å². The van der Waals surface area contributed by atoms with Gasteiger partial charge in [-0.05, 0) is 50.1 Å². The number of hydrazine groups is 1. The predicted molar refractivity (Wildman–Crippen MR) is 121 cm³/mol. The van der Waals surface area contributed by atoms with Gasteiger partial charge in [-0.2, -0.15) is 4.91 Å². The first-order valence-electron chi connectivity index (χ1n) is 9.94. The molecule has 8 nitrogen and oxygen atoms in total.